The number of halogens is 1. The van der Waals surface area contributed by atoms with E-state index in [0.717, 1.165) is 41.4 Å². The molecule has 5 nitrogen and oxygen atoms in total. The summed E-state index contributed by atoms with van der Waals surface area (Å²) >= 11 is 8.04. The lowest BCUT2D eigenvalue weighted by molar-refractivity contribution is -0.114. The normalized spacial score (nSPS) is 13.9. The standard InChI is InChI=1S/C21H24ClN3O2S/c1-14-6-7-19(17(22)12-14)24-20(26)13-23-18-5-3-4-16(15(18)2)21(27)25-8-10-28-11-9-25/h3-7,12,23H,8-11,13H2,1-2H3,(H,24,26). The van der Waals surface area contributed by atoms with E-state index in [1.165, 1.54) is 0 Å². The first-order valence-electron chi connectivity index (χ1n) is 9.22. The molecule has 28 heavy (non-hydrogen) atoms. The molecule has 1 aliphatic rings. The van der Waals surface area contributed by atoms with Crippen LogP contribution in [-0.4, -0.2) is 47.9 Å². The van der Waals surface area contributed by atoms with Crippen molar-refractivity contribution in [3.05, 3.63) is 58.1 Å². The fraction of sp³-hybridized carbons (Fsp3) is 0.333. The number of rotatable bonds is 5. The van der Waals surface area contributed by atoms with Crippen molar-refractivity contribution in [1.82, 2.24) is 4.90 Å². The predicted molar refractivity (Wildman–Crippen MR) is 118 cm³/mol. The molecule has 1 fully saturated rings. The molecular weight excluding hydrogens is 394 g/mol. The fourth-order valence-electron chi connectivity index (χ4n) is 3.09. The van der Waals surface area contributed by atoms with E-state index < -0.39 is 0 Å². The summed E-state index contributed by atoms with van der Waals surface area (Å²) in [5.74, 6) is 1.81. The lowest BCUT2D eigenvalue weighted by atomic mass is 10.1. The Hall–Kier alpha value is -2.18. The van der Waals surface area contributed by atoms with Crippen molar-refractivity contribution in [3.8, 4) is 0 Å². The summed E-state index contributed by atoms with van der Waals surface area (Å²) in [5.41, 5.74) is 3.93. The summed E-state index contributed by atoms with van der Waals surface area (Å²) in [6.07, 6.45) is 0. The van der Waals surface area contributed by atoms with Gasteiger partial charge >= 0.3 is 0 Å². The molecule has 3 rings (SSSR count). The highest BCUT2D eigenvalue weighted by Gasteiger charge is 2.21. The lowest BCUT2D eigenvalue weighted by Crippen LogP contribution is -2.38. The molecule has 0 atom stereocenters. The molecule has 2 amide bonds. The number of hydrogen-bond donors (Lipinski definition) is 2. The molecule has 0 unspecified atom stereocenters. The monoisotopic (exact) mass is 417 g/mol. The third-order valence-corrected chi connectivity index (χ3v) is 5.96. The molecule has 2 N–H and O–H groups in total. The summed E-state index contributed by atoms with van der Waals surface area (Å²) in [7, 11) is 0. The largest absolute Gasteiger partial charge is 0.376 e. The zero-order valence-corrected chi connectivity index (χ0v) is 17.6. The zero-order valence-electron chi connectivity index (χ0n) is 16.0. The Balaban J connectivity index is 1.64. The van der Waals surface area contributed by atoms with Crippen LogP contribution in [0.15, 0.2) is 36.4 Å². The lowest BCUT2D eigenvalue weighted by Gasteiger charge is -2.27. The number of anilines is 2. The molecular formula is C21H24ClN3O2S. The first-order valence-corrected chi connectivity index (χ1v) is 10.8. The smallest absolute Gasteiger partial charge is 0.254 e. The molecule has 0 aromatic heterocycles. The van der Waals surface area contributed by atoms with Gasteiger partial charge in [0, 0.05) is 35.8 Å². The quantitative estimate of drug-likeness (QED) is 0.765. The Morgan fingerprint density at radius 3 is 2.57 bits per heavy atom. The molecule has 0 radical (unpaired) electrons. The topological polar surface area (TPSA) is 61.4 Å². The van der Waals surface area contributed by atoms with Crippen LogP contribution >= 0.6 is 23.4 Å². The first kappa shape index (κ1) is 20.6. The van der Waals surface area contributed by atoms with Crippen LogP contribution < -0.4 is 10.6 Å². The Labute approximate surface area is 174 Å². The average Bonchev–Trinajstić information content (AvgIpc) is 2.69. The van der Waals surface area contributed by atoms with E-state index in [0.29, 0.717) is 16.3 Å². The van der Waals surface area contributed by atoms with Gasteiger partial charge in [0.15, 0.2) is 0 Å². The van der Waals surface area contributed by atoms with Crippen molar-refractivity contribution >= 4 is 46.6 Å². The van der Waals surface area contributed by atoms with Gasteiger partial charge in [0.2, 0.25) is 5.91 Å². The van der Waals surface area contributed by atoms with Crippen molar-refractivity contribution in [2.45, 2.75) is 13.8 Å². The van der Waals surface area contributed by atoms with Crippen molar-refractivity contribution in [2.75, 3.05) is 41.8 Å². The van der Waals surface area contributed by atoms with Crippen molar-refractivity contribution < 1.29 is 9.59 Å². The van der Waals surface area contributed by atoms with Crippen molar-refractivity contribution in [3.63, 3.8) is 0 Å². The minimum Gasteiger partial charge on any atom is -0.376 e. The molecule has 148 valence electrons. The number of thioether (sulfide) groups is 1. The molecule has 1 aliphatic heterocycles. The average molecular weight is 418 g/mol. The third-order valence-electron chi connectivity index (χ3n) is 4.70. The highest BCUT2D eigenvalue weighted by molar-refractivity contribution is 7.99. The molecule has 0 spiro atoms. The van der Waals surface area contributed by atoms with Gasteiger partial charge in [-0.15, -0.1) is 0 Å². The Morgan fingerprint density at radius 1 is 1.11 bits per heavy atom. The van der Waals surface area contributed by atoms with Gasteiger partial charge in [0.25, 0.3) is 5.91 Å². The second-order valence-corrected chi connectivity index (χ2v) is 8.40. The first-order chi connectivity index (χ1) is 13.5. The van der Waals surface area contributed by atoms with Gasteiger partial charge < -0.3 is 15.5 Å². The minimum atomic E-state index is -0.199. The van der Waals surface area contributed by atoms with Crippen molar-refractivity contribution in [1.29, 1.82) is 0 Å². The highest BCUT2D eigenvalue weighted by Crippen LogP contribution is 2.24. The molecule has 2 aromatic rings. The number of amides is 2. The van der Waals surface area contributed by atoms with Gasteiger partial charge in [-0.2, -0.15) is 11.8 Å². The van der Waals surface area contributed by atoms with Crippen molar-refractivity contribution in [2.24, 2.45) is 0 Å². The predicted octanol–water partition coefficient (Wildman–Crippen LogP) is 4.20. The van der Waals surface area contributed by atoms with Crippen LogP contribution in [-0.2, 0) is 4.79 Å². The second kappa shape index (κ2) is 9.34. The molecule has 0 aliphatic carbocycles. The number of carbonyl (C=O) groups is 2. The molecule has 1 saturated heterocycles. The maximum atomic E-state index is 12.8. The fourth-order valence-corrected chi connectivity index (χ4v) is 4.27. The molecule has 1 heterocycles. The number of carbonyl (C=O) groups excluding carboxylic acids is 2. The summed E-state index contributed by atoms with van der Waals surface area (Å²) in [5, 5.41) is 6.45. The van der Waals surface area contributed by atoms with Crippen LogP contribution in [0.1, 0.15) is 21.5 Å². The summed E-state index contributed by atoms with van der Waals surface area (Å²) in [6, 6.07) is 11.1. The van der Waals surface area contributed by atoms with E-state index in [9.17, 15) is 9.59 Å². The van der Waals surface area contributed by atoms with Gasteiger partial charge in [-0.3, -0.25) is 9.59 Å². The van der Waals surface area contributed by atoms with Crippen LogP contribution in [0.2, 0.25) is 5.02 Å². The second-order valence-electron chi connectivity index (χ2n) is 6.77. The number of nitrogens with one attached hydrogen (secondary N) is 2. The van der Waals surface area contributed by atoms with E-state index >= 15 is 0 Å². The van der Waals surface area contributed by atoms with Gasteiger partial charge in [-0.05, 0) is 49.2 Å². The molecule has 0 bridgehead atoms. The van der Waals surface area contributed by atoms with Crippen LogP contribution in [0.25, 0.3) is 0 Å². The number of benzene rings is 2. The summed E-state index contributed by atoms with van der Waals surface area (Å²) < 4.78 is 0. The van der Waals surface area contributed by atoms with Gasteiger partial charge in [-0.1, -0.05) is 23.7 Å². The molecule has 7 heteroatoms. The Morgan fingerprint density at radius 2 is 1.86 bits per heavy atom. The van der Waals surface area contributed by atoms with E-state index in [-0.39, 0.29) is 18.4 Å². The Kier molecular flexibility index (Phi) is 6.86. The molecule has 2 aromatic carbocycles. The zero-order chi connectivity index (χ0) is 20.1. The van der Waals surface area contributed by atoms with Gasteiger partial charge in [-0.25, -0.2) is 0 Å². The van der Waals surface area contributed by atoms with Gasteiger partial charge in [0.1, 0.15) is 0 Å². The number of aryl methyl sites for hydroxylation is 1. The van der Waals surface area contributed by atoms with Crippen LogP contribution in [0.4, 0.5) is 11.4 Å². The molecule has 0 saturated carbocycles. The van der Waals surface area contributed by atoms with Crippen LogP contribution in [0.3, 0.4) is 0 Å². The van der Waals surface area contributed by atoms with E-state index in [2.05, 4.69) is 10.6 Å². The summed E-state index contributed by atoms with van der Waals surface area (Å²) in [6.45, 7) is 5.49. The van der Waals surface area contributed by atoms with E-state index in [4.69, 9.17) is 11.6 Å². The SMILES string of the molecule is Cc1ccc(NC(=O)CNc2cccc(C(=O)N3CCSCC3)c2C)c(Cl)c1. The minimum absolute atomic E-state index is 0.0531. The van der Waals surface area contributed by atoms with Crippen LogP contribution in [0.5, 0.6) is 0 Å². The highest BCUT2D eigenvalue weighted by atomic mass is 35.5. The van der Waals surface area contributed by atoms with E-state index in [1.807, 2.05) is 60.8 Å². The number of hydrogen-bond acceptors (Lipinski definition) is 4. The maximum absolute atomic E-state index is 12.8. The van der Waals surface area contributed by atoms with Crippen LogP contribution in [0, 0.1) is 13.8 Å². The third kappa shape index (κ3) is 5.00. The van der Waals surface area contributed by atoms with E-state index in [1.54, 1.807) is 6.07 Å². The summed E-state index contributed by atoms with van der Waals surface area (Å²) in [4.78, 5) is 27.0. The Bertz CT molecular complexity index is 882. The number of nitrogens with zero attached hydrogens (tertiary/aromatic N) is 1. The maximum Gasteiger partial charge on any atom is 0.254 e. The van der Waals surface area contributed by atoms with Gasteiger partial charge in [0.05, 0.1) is 17.3 Å².